The van der Waals surface area contributed by atoms with E-state index in [4.69, 9.17) is 27.9 Å². The molecule has 1 unspecified atom stereocenters. The van der Waals surface area contributed by atoms with Crippen molar-refractivity contribution in [2.75, 3.05) is 5.32 Å². The fourth-order valence-electron chi connectivity index (χ4n) is 3.16. The first-order valence-electron chi connectivity index (χ1n) is 9.62. The maximum absolute atomic E-state index is 12.8. The maximum atomic E-state index is 12.8. The molecule has 0 saturated heterocycles. The SMILES string of the molecule is CC(C)(Oc1ccc(C2CC2(Cl)Cl)cc1)C(=O)Nc1ccc(Cn2cncn2)cc1. The number of hydrogen-bond acceptors (Lipinski definition) is 4. The van der Waals surface area contributed by atoms with Crippen molar-refractivity contribution in [3.05, 3.63) is 72.3 Å². The summed E-state index contributed by atoms with van der Waals surface area (Å²) in [5.41, 5.74) is 1.77. The van der Waals surface area contributed by atoms with Gasteiger partial charge in [0.2, 0.25) is 0 Å². The zero-order valence-electron chi connectivity index (χ0n) is 16.7. The van der Waals surface area contributed by atoms with Crippen molar-refractivity contribution in [2.45, 2.75) is 42.7 Å². The Morgan fingerprint density at radius 1 is 1.20 bits per heavy atom. The second-order valence-corrected chi connectivity index (χ2v) is 9.49. The van der Waals surface area contributed by atoms with Crippen LogP contribution >= 0.6 is 23.2 Å². The molecule has 1 saturated carbocycles. The van der Waals surface area contributed by atoms with Gasteiger partial charge in [-0.3, -0.25) is 4.79 Å². The lowest BCUT2D eigenvalue weighted by molar-refractivity contribution is -0.128. The zero-order chi connectivity index (χ0) is 21.4. The van der Waals surface area contributed by atoms with Crippen LogP contribution in [0.4, 0.5) is 5.69 Å². The Morgan fingerprint density at radius 3 is 2.43 bits per heavy atom. The molecule has 1 aliphatic carbocycles. The summed E-state index contributed by atoms with van der Waals surface area (Å²) in [5.74, 6) is 0.523. The van der Waals surface area contributed by atoms with Gasteiger partial charge in [-0.2, -0.15) is 5.10 Å². The quantitative estimate of drug-likeness (QED) is 0.532. The Hall–Kier alpha value is -2.57. The van der Waals surface area contributed by atoms with Gasteiger partial charge in [-0.05, 0) is 55.7 Å². The van der Waals surface area contributed by atoms with E-state index in [0.29, 0.717) is 18.0 Å². The average Bonchev–Trinajstić information content (AvgIpc) is 3.08. The van der Waals surface area contributed by atoms with Crippen molar-refractivity contribution < 1.29 is 9.53 Å². The van der Waals surface area contributed by atoms with Gasteiger partial charge >= 0.3 is 0 Å². The first-order valence-corrected chi connectivity index (χ1v) is 10.4. The summed E-state index contributed by atoms with van der Waals surface area (Å²) in [4.78, 5) is 16.7. The number of carbonyl (C=O) groups excluding carboxylic acids is 1. The lowest BCUT2D eigenvalue weighted by Gasteiger charge is -2.25. The Kier molecular flexibility index (Phi) is 5.47. The summed E-state index contributed by atoms with van der Waals surface area (Å²) in [6.07, 6.45) is 3.91. The van der Waals surface area contributed by atoms with Crippen LogP contribution in [0.3, 0.4) is 0 Å². The van der Waals surface area contributed by atoms with Crippen molar-refractivity contribution in [3.8, 4) is 5.75 Å². The third-order valence-corrected chi connectivity index (χ3v) is 5.89. The van der Waals surface area contributed by atoms with E-state index < -0.39 is 9.93 Å². The number of rotatable bonds is 7. The number of ether oxygens (including phenoxy) is 1. The number of halogens is 2. The number of alkyl halides is 2. The van der Waals surface area contributed by atoms with Gasteiger partial charge in [0.25, 0.3) is 5.91 Å². The minimum Gasteiger partial charge on any atom is -0.478 e. The Labute approximate surface area is 185 Å². The molecule has 0 radical (unpaired) electrons. The van der Waals surface area contributed by atoms with E-state index >= 15 is 0 Å². The van der Waals surface area contributed by atoms with Crippen LogP contribution in [-0.2, 0) is 11.3 Å². The molecule has 1 aromatic heterocycles. The summed E-state index contributed by atoms with van der Waals surface area (Å²) in [6.45, 7) is 4.09. The van der Waals surface area contributed by atoms with E-state index in [2.05, 4.69) is 15.4 Å². The predicted molar refractivity (Wildman–Crippen MR) is 117 cm³/mol. The van der Waals surface area contributed by atoms with Crippen molar-refractivity contribution >= 4 is 34.8 Å². The normalized spacial score (nSPS) is 17.4. The zero-order valence-corrected chi connectivity index (χ0v) is 18.2. The molecule has 0 aliphatic heterocycles. The molecule has 1 fully saturated rings. The number of benzene rings is 2. The number of carbonyl (C=O) groups is 1. The van der Waals surface area contributed by atoms with Crippen molar-refractivity contribution in [3.63, 3.8) is 0 Å². The van der Waals surface area contributed by atoms with Crippen LogP contribution in [0, 0.1) is 0 Å². The van der Waals surface area contributed by atoms with Crippen LogP contribution < -0.4 is 10.1 Å². The van der Waals surface area contributed by atoms with Crippen LogP contribution in [-0.4, -0.2) is 30.6 Å². The highest BCUT2D eigenvalue weighted by atomic mass is 35.5. The smallest absolute Gasteiger partial charge is 0.267 e. The fraction of sp³-hybridized carbons (Fsp3) is 0.318. The molecule has 1 amide bonds. The first kappa shape index (κ1) is 20.7. The van der Waals surface area contributed by atoms with E-state index in [1.807, 2.05) is 48.5 Å². The molecular weight excluding hydrogens is 423 g/mol. The van der Waals surface area contributed by atoms with Gasteiger partial charge in [0.15, 0.2) is 5.60 Å². The van der Waals surface area contributed by atoms with Crippen LogP contribution in [0.1, 0.15) is 37.3 Å². The second kappa shape index (κ2) is 7.93. The monoisotopic (exact) mass is 444 g/mol. The van der Waals surface area contributed by atoms with Gasteiger partial charge in [-0.15, -0.1) is 23.2 Å². The molecule has 2 aromatic carbocycles. The Balaban J connectivity index is 1.35. The minimum atomic E-state index is -1.05. The molecule has 1 atom stereocenters. The topological polar surface area (TPSA) is 69.0 Å². The van der Waals surface area contributed by atoms with Crippen LogP contribution in [0.25, 0.3) is 0 Å². The van der Waals surface area contributed by atoms with Crippen LogP contribution in [0.15, 0.2) is 61.2 Å². The fourth-order valence-corrected chi connectivity index (χ4v) is 3.72. The van der Waals surface area contributed by atoms with Crippen molar-refractivity contribution in [1.29, 1.82) is 0 Å². The summed E-state index contributed by atoms with van der Waals surface area (Å²) >= 11 is 12.3. The molecular formula is C22H22Cl2N4O2. The van der Waals surface area contributed by atoms with Gasteiger partial charge in [0, 0.05) is 11.6 Å². The summed E-state index contributed by atoms with van der Waals surface area (Å²) < 4.78 is 7.02. The largest absolute Gasteiger partial charge is 0.478 e. The molecule has 6 nitrogen and oxygen atoms in total. The standard InChI is InChI=1S/C22H22Cl2N4O2/c1-21(2,30-18-9-5-16(6-10-18)19-11-22(19,23)24)20(29)27-17-7-3-15(4-8-17)12-28-14-25-13-26-28/h3-10,13-14,19H,11-12H2,1-2H3,(H,27,29). The van der Waals surface area contributed by atoms with Gasteiger partial charge in [0.05, 0.1) is 6.54 Å². The van der Waals surface area contributed by atoms with Crippen LogP contribution in [0.2, 0.25) is 0 Å². The third-order valence-electron chi connectivity index (χ3n) is 5.05. The Bertz CT molecular complexity index is 1020. The van der Waals surface area contributed by atoms with E-state index in [0.717, 1.165) is 17.5 Å². The minimum absolute atomic E-state index is 0.152. The number of amides is 1. The number of nitrogens with one attached hydrogen (secondary N) is 1. The van der Waals surface area contributed by atoms with E-state index in [9.17, 15) is 4.79 Å². The summed E-state index contributed by atoms with van der Waals surface area (Å²) in [7, 11) is 0. The van der Waals surface area contributed by atoms with Gasteiger partial charge in [-0.1, -0.05) is 24.3 Å². The molecule has 4 rings (SSSR count). The highest BCUT2D eigenvalue weighted by Crippen LogP contribution is 2.59. The molecule has 0 bridgehead atoms. The molecule has 1 aliphatic rings. The molecule has 0 spiro atoms. The number of aromatic nitrogens is 3. The van der Waals surface area contributed by atoms with Crippen molar-refractivity contribution in [1.82, 2.24) is 14.8 Å². The lowest BCUT2D eigenvalue weighted by atomic mass is 10.1. The van der Waals surface area contributed by atoms with Crippen LogP contribution in [0.5, 0.6) is 5.75 Å². The lowest BCUT2D eigenvalue weighted by Crippen LogP contribution is -2.42. The second-order valence-electron chi connectivity index (χ2n) is 7.94. The first-order chi connectivity index (χ1) is 14.2. The average molecular weight is 445 g/mol. The number of nitrogens with zero attached hydrogens (tertiary/aromatic N) is 3. The Morgan fingerprint density at radius 2 is 1.87 bits per heavy atom. The van der Waals surface area contributed by atoms with Gasteiger partial charge in [-0.25, -0.2) is 9.67 Å². The highest BCUT2D eigenvalue weighted by molar-refractivity contribution is 6.51. The van der Waals surface area contributed by atoms with Gasteiger partial charge < -0.3 is 10.1 Å². The summed E-state index contributed by atoms with van der Waals surface area (Å²) in [5, 5.41) is 6.99. The molecule has 1 N–H and O–H groups in total. The predicted octanol–water partition coefficient (Wildman–Crippen LogP) is 4.78. The van der Waals surface area contributed by atoms with E-state index in [1.54, 1.807) is 24.9 Å². The van der Waals surface area contributed by atoms with Gasteiger partial charge in [0.1, 0.15) is 22.7 Å². The van der Waals surface area contributed by atoms with Crippen molar-refractivity contribution in [2.24, 2.45) is 0 Å². The molecule has 3 aromatic rings. The number of hydrogen-bond donors (Lipinski definition) is 1. The molecule has 156 valence electrons. The maximum Gasteiger partial charge on any atom is 0.267 e. The summed E-state index contributed by atoms with van der Waals surface area (Å²) in [6, 6.07) is 15.1. The third kappa shape index (κ3) is 4.77. The molecule has 8 heteroatoms. The molecule has 1 heterocycles. The van der Waals surface area contributed by atoms with E-state index in [1.165, 1.54) is 6.33 Å². The number of anilines is 1. The molecule has 30 heavy (non-hydrogen) atoms. The highest BCUT2D eigenvalue weighted by Gasteiger charge is 2.52. The van der Waals surface area contributed by atoms with E-state index in [-0.39, 0.29) is 11.8 Å².